The molecule has 0 spiro atoms. The predicted molar refractivity (Wildman–Crippen MR) is 85.7 cm³/mol. The van der Waals surface area contributed by atoms with Crippen molar-refractivity contribution in [1.82, 2.24) is 10.8 Å². The van der Waals surface area contributed by atoms with E-state index in [4.69, 9.17) is 5.21 Å². The zero-order chi connectivity index (χ0) is 17.4. The van der Waals surface area contributed by atoms with E-state index in [0.29, 0.717) is 36.2 Å². The fraction of sp³-hybridized carbons (Fsp3) is 0.500. The van der Waals surface area contributed by atoms with Crippen LogP contribution in [0.1, 0.15) is 37.3 Å². The molecule has 1 atom stereocenters. The zero-order valence-electron chi connectivity index (χ0n) is 13.7. The van der Waals surface area contributed by atoms with Crippen molar-refractivity contribution in [3.05, 3.63) is 29.1 Å². The molecule has 0 unspecified atom stereocenters. The number of rotatable bonds is 8. The standard InChI is InChI=1S/C16H24FN3O3/c1-10-8-13(9-11(2)15(10)17)19-14(16(22)20-23)6-4-5-7-18-12(3)21/h8-9,14,19,23H,4-7H2,1-3H3,(H,18,21)(H,20,22)/t14-/m1/s1. The van der Waals surface area contributed by atoms with Crippen LogP contribution in [-0.4, -0.2) is 29.6 Å². The molecule has 23 heavy (non-hydrogen) atoms. The summed E-state index contributed by atoms with van der Waals surface area (Å²) in [7, 11) is 0. The summed E-state index contributed by atoms with van der Waals surface area (Å²) < 4.78 is 13.6. The Morgan fingerprint density at radius 3 is 2.35 bits per heavy atom. The first-order chi connectivity index (χ1) is 10.8. The summed E-state index contributed by atoms with van der Waals surface area (Å²) in [5.41, 5.74) is 3.24. The van der Waals surface area contributed by atoms with Gasteiger partial charge >= 0.3 is 0 Å². The first-order valence-corrected chi connectivity index (χ1v) is 7.56. The molecule has 7 heteroatoms. The Morgan fingerprint density at radius 1 is 1.22 bits per heavy atom. The first kappa shape index (κ1) is 18.9. The molecule has 6 nitrogen and oxygen atoms in total. The molecule has 0 fully saturated rings. The molecular formula is C16H24FN3O3. The van der Waals surface area contributed by atoms with Gasteiger partial charge in [-0.2, -0.15) is 0 Å². The Morgan fingerprint density at radius 2 is 1.83 bits per heavy atom. The highest BCUT2D eigenvalue weighted by atomic mass is 19.1. The first-order valence-electron chi connectivity index (χ1n) is 7.56. The van der Waals surface area contributed by atoms with Gasteiger partial charge in [0.25, 0.3) is 5.91 Å². The number of hydrogen-bond acceptors (Lipinski definition) is 4. The molecule has 4 N–H and O–H groups in total. The van der Waals surface area contributed by atoms with E-state index in [1.165, 1.54) is 6.92 Å². The van der Waals surface area contributed by atoms with Crippen molar-refractivity contribution in [2.24, 2.45) is 0 Å². The molecule has 1 aromatic carbocycles. The van der Waals surface area contributed by atoms with Crippen LogP contribution in [0.4, 0.5) is 10.1 Å². The third kappa shape index (κ3) is 6.23. The van der Waals surface area contributed by atoms with Gasteiger partial charge in [0.05, 0.1) is 0 Å². The van der Waals surface area contributed by atoms with Crippen molar-refractivity contribution < 1.29 is 19.2 Å². The zero-order valence-corrected chi connectivity index (χ0v) is 13.7. The van der Waals surface area contributed by atoms with Crippen LogP contribution in [0.2, 0.25) is 0 Å². The number of hydroxylamine groups is 1. The lowest BCUT2D eigenvalue weighted by Crippen LogP contribution is -2.38. The van der Waals surface area contributed by atoms with Gasteiger partial charge in [-0.05, 0) is 56.4 Å². The van der Waals surface area contributed by atoms with Crippen LogP contribution in [-0.2, 0) is 9.59 Å². The van der Waals surface area contributed by atoms with E-state index in [9.17, 15) is 14.0 Å². The highest BCUT2D eigenvalue weighted by Gasteiger charge is 2.18. The van der Waals surface area contributed by atoms with E-state index in [1.807, 2.05) is 0 Å². The number of anilines is 1. The van der Waals surface area contributed by atoms with Crippen LogP contribution in [0.5, 0.6) is 0 Å². The van der Waals surface area contributed by atoms with Gasteiger partial charge in [0.1, 0.15) is 11.9 Å². The summed E-state index contributed by atoms with van der Waals surface area (Å²) in [5.74, 6) is -0.914. The van der Waals surface area contributed by atoms with Crippen LogP contribution < -0.4 is 16.1 Å². The third-order valence-corrected chi connectivity index (χ3v) is 3.50. The van der Waals surface area contributed by atoms with E-state index in [-0.39, 0.29) is 11.7 Å². The van der Waals surface area contributed by atoms with Crippen molar-refractivity contribution >= 4 is 17.5 Å². The molecule has 0 aliphatic carbocycles. The second-order valence-electron chi connectivity index (χ2n) is 5.58. The quantitative estimate of drug-likeness (QED) is 0.334. The Kier molecular flexibility index (Phi) is 7.47. The minimum absolute atomic E-state index is 0.0926. The van der Waals surface area contributed by atoms with Crippen LogP contribution in [0.25, 0.3) is 0 Å². The molecule has 1 aromatic rings. The molecule has 2 amide bonds. The number of hydrogen-bond donors (Lipinski definition) is 4. The van der Waals surface area contributed by atoms with Gasteiger partial charge in [-0.15, -0.1) is 0 Å². The molecule has 0 radical (unpaired) electrons. The van der Waals surface area contributed by atoms with Crippen LogP contribution in [0.15, 0.2) is 12.1 Å². The van der Waals surface area contributed by atoms with E-state index < -0.39 is 11.9 Å². The van der Waals surface area contributed by atoms with Crippen LogP contribution in [0.3, 0.4) is 0 Å². The molecular weight excluding hydrogens is 301 g/mol. The number of halogens is 1. The Bertz CT molecular complexity index is 540. The Balaban J connectivity index is 2.64. The maximum atomic E-state index is 13.6. The summed E-state index contributed by atoms with van der Waals surface area (Å²) in [6.45, 7) is 5.30. The van der Waals surface area contributed by atoms with Crippen molar-refractivity contribution in [3.8, 4) is 0 Å². The smallest absolute Gasteiger partial charge is 0.265 e. The highest BCUT2D eigenvalue weighted by Crippen LogP contribution is 2.20. The minimum Gasteiger partial charge on any atom is -0.374 e. The summed E-state index contributed by atoms with van der Waals surface area (Å²) in [6, 6.07) is 2.61. The normalized spacial score (nSPS) is 11.7. The maximum absolute atomic E-state index is 13.6. The number of carbonyl (C=O) groups excluding carboxylic acids is 2. The van der Waals surface area contributed by atoms with E-state index in [2.05, 4.69) is 10.6 Å². The van der Waals surface area contributed by atoms with Crippen LogP contribution in [0, 0.1) is 19.7 Å². The molecule has 0 bridgehead atoms. The molecule has 1 rings (SSSR count). The van der Waals surface area contributed by atoms with Gasteiger partial charge in [0.2, 0.25) is 5.91 Å². The molecule has 0 saturated carbocycles. The average Bonchev–Trinajstić information content (AvgIpc) is 2.49. The number of aryl methyl sites for hydroxylation is 2. The maximum Gasteiger partial charge on any atom is 0.265 e. The second kappa shape index (κ2) is 9.09. The number of carbonyl (C=O) groups is 2. The van der Waals surface area contributed by atoms with Gasteiger partial charge in [0.15, 0.2) is 0 Å². The predicted octanol–water partition coefficient (Wildman–Crippen LogP) is 2.03. The number of amides is 2. The largest absolute Gasteiger partial charge is 0.374 e. The third-order valence-electron chi connectivity index (χ3n) is 3.50. The molecule has 0 aromatic heterocycles. The second-order valence-corrected chi connectivity index (χ2v) is 5.58. The van der Waals surface area contributed by atoms with E-state index in [1.54, 1.807) is 31.5 Å². The molecule has 0 aliphatic heterocycles. The van der Waals surface area contributed by atoms with Gasteiger partial charge in [-0.25, -0.2) is 9.87 Å². The van der Waals surface area contributed by atoms with Gasteiger partial charge in [0, 0.05) is 19.2 Å². The number of unbranched alkanes of at least 4 members (excludes halogenated alkanes) is 1. The lowest BCUT2D eigenvalue weighted by molar-refractivity contribution is -0.130. The lowest BCUT2D eigenvalue weighted by Gasteiger charge is -2.19. The highest BCUT2D eigenvalue weighted by molar-refractivity contribution is 5.83. The topological polar surface area (TPSA) is 90.5 Å². The van der Waals surface area contributed by atoms with Gasteiger partial charge in [-0.1, -0.05) is 0 Å². The van der Waals surface area contributed by atoms with Crippen molar-refractivity contribution in [3.63, 3.8) is 0 Å². The van der Waals surface area contributed by atoms with Crippen LogP contribution >= 0.6 is 0 Å². The SMILES string of the molecule is CC(=O)NCCCC[C@@H](Nc1cc(C)c(F)c(C)c1)C(=O)NO. The molecule has 0 aliphatic rings. The monoisotopic (exact) mass is 325 g/mol. The van der Waals surface area contributed by atoms with Gasteiger partial charge < -0.3 is 10.6 Å². The fourth-order valence-electron chi connectivity index (χ4n) is 2.32. The van der Waals surface area contributed by atoms with Crippen molar-refractivity contribution in [2.75, 3.05) is 11.9 Å². The average molecular weight is 325 g/mol. The number of benzene rings is 1. The Labute approximate surface area is 135 Å². The number of nitrogens with one attached hydrogen (secondary N) is 3. The summed E-state index contributed by atoms with van der Waals surface area (Å²) >= 11 is 0. The van der Waals surface area contributed by atoms with Gasteiger partial charge in [-0.3, -0.25) is 14.8 Å². The molecule has 0 saturated heterocycles. The fourth-order valence-corrected chi connectivity index (χ4v) is 2.32. The Hall–Kier alpha value is -2.15. The minimum atomic E-state index is -0.637. The van der Waals surface area contributed by atoms with E-state index in [0.717, 1.165) is 6.42 Å². The van der Waals surface area contributed by atoms with Crippen molar-refractivity contribution in [1.29, 1.82) is 0 Å². The summed E-state index contributed by atoms with van der Waals surface area (Å²) in [6.07, 6.45) is 1.88. The van der Waals surface area contributed by atoms with Crippen molar-refractivity contribution in [2.45, 2.75) is 46.1 Å². The van der Waals surface area contributed by atoms with E-state index >= 15 is 0 Å². The lowest BCUT2D eigenvalue weighted by atomic mass is 10.1. The summed E-state index contributed by atoms with van der Waals surface area (Å²) in [4.78, 5) is 22.5. The summed E-state index contributed by atoms with van der Waals surface area (Å²) in [5, 5.41) is 14.6. The molecule has 128 valence electrons. The molecule has 0 heterocycles.